The predicted octanol–water partition coefficient (Wildman–Crippen LogP) is 2.60. The van der Waals surface area contributed by atoms with Crippen molar-refractivity contribution in [2.75, 3.05) is 26.3 Å². The lowest BCUT2D eigenvalue weighted by Gasteiger charge is -2.22. The van der Waals surface area contributed by atoms with Crippen molar-refractivity contribution in [1.82, 2.24) is 5.32 Å². The molecule has 0 aromatic heterocycles. The smallest absolute Gasteiger partial charge is 0.0528 e. The Hall–Kier alpha value is -0.340. The van der Waals surface area contributed by atoms with Gasteiger partial charge in [-0.1, -0.05) is 32.4 Å². The summed E-state index contributed by atoms with van der Waals surface area (Å²) in [5.74, 6) is 1.29. The van der Waals surface area contributed by atoms with E-state index in [1.54, 1.807) is 0 Å². The highest BCUT2D eigenvalue weighted by Gasteiger charge is 2.13. The number of nitrogens with one attached hydrogen (secondary N) is 1. The van der Waals surface area contributed by atoms with Crippen LogP contribution in [0.4, 0.5) is 0 Å². The van der Waals surface area contributed by atoms with E-state index in [0.29, 0.717) is 11.8 Å². The van der Waals surface area contributed by atoms with Gasteiger partial charge in [0.1, 0.15) is 0 Å². The van der Waals surface area contributed by atoms with E-state index in [4.69, 9.17) is 4.74 Å². The van der Waals surface area contributed by atoms with E-state index in [2.05, 4.69) is 32.2 Å². The largest absolute Gasteiger partial charge is 0.381 e. The predicted molar refractivity (Wildman–Crippen MR) is 65.0 cm³/mol. The van der Waals surface area contributed by atoms with Crippen molar-refractivity contribution in [2.45, 2.75) is 33.6 Å². The Morgan fingerprint density at radius 2 is 2.33 bits per heavy atom. The molecule has 0 aromatic carbocycles. The molecule has 1 aliphatic heterocycles. The second-order valence-electron chi connectivity index (χ2n) is 4.65. The van der Waals surface area contributed by atoms with Gasteiger partial charge in [-0.3, -0.25) is 0 Å². The number of hydrogen-bond donors (Lipinski definition) is 1. The Bertz CT molecular complexity index is 193. The van der Waals surface area contributed by atoms with Crippen molar-refractivity contribution in [2.24, 2.45) is 11.8 Å². The minimum Gasteiger partial charge on any atom is -0.381 e. The summed E-state index contributed by atoms with van der Waals surface area (Å²) < 4.78 is 5.50. The lowest BCUT2D eigenvalue weighted by Crippen LogP contribution is -2.21. The first-order chi connectivity index (χ1) is 7.24. The second kappa shape index (κ2) is 7.02. The topological polar surface area (TPSA) is 21.3 Å². The zero-order valence-corrected chi connectivity index (χ0v) is 10.4. The monoisotopic (exact) mass is 211 g/mol. The molecular formula is C13H25NO. The minimum atomic E-state index is 0.644. The van der Waals surface area contributed by atoms with E-state index < -0.39 is 0 Å². The van der Waals surface area contributed by atoms with Crippen LogP contribution in [0.15, 0.2) is 11.6 Å². The van der Waals surface area contributed by atoms with E-state index >= 15 is 0 Å². The maximum Gasteiger partial charge on any atom is 0.0528 e. The quantitative estimate of drug-likeness (QED) is 0.706. The molecule has 0 aromatic rings. The summed E-state index contributed by atoms with van der Waals surface area (Å²) in [6.45, 7) is 10.6. The van der Waals surface area contributed by atoms with Crippen molar-refractivity contribution >= 4 is 0 Å². The highest BCUT2D eigenvalue weighted by molar-refractivity contribution is 5.09. The summed E-state index contributed by atoms with van der Waals surface area (Å²) in [4.78, 5) is 0. The van der Waals surface area contributed by atoms with E-state index in [-0.39, 0.29) is 0 Å². The van der Waals surface area contributed by atoms with E-state index in [1.807, 2.05) is 0 Å². The van der Waals surface area contributed by atoms with Crippen molar-refractivity contribution in [3.63, 3.8) is 0 Å². The van der Waals surface area contributed by atoms with Gasteiger partial charge in [0.05, 0.1) is 6.61 Å². The highest BCUT2D eigenvalue weighted by atomic mass is 16.5. The maximum atomic E-state index is 5.50. The van der Waals surface area contributed by atoms with Gasteiger partial charge in [0.2, 0.25) is 0 Å². The van der Waals surface area contributed by atoms with E-state index in [9.17, 15) is 0 Å². The van der Waals surface area contributed by atoms with Crippen LogP contribution in [0.3, 0.4) is 0 Å². The van der Waals surface area contributed by atoms with Gasteiger partial charge in [-0.15, -0.1) is 0 Å². The molecule has 1 atom stereocenters. The molecule has 1 aliphatic rings. The average molecular weight is 211 g/mol. The molecular weight excluding hydrogens is 186 g/mol. The van der Waals surface area contributed by atoms with Crippen LogP contribution < -0.4 is 5.32 Å². The molecule has 1 rings (SSSR count). The summed E-state index contributed by atoms with van der Waals surface area (Å²) in [6.07, 6.45) is 4.95. The van der Waals surface area contributed by atoms with Gasteiger partial charge < -0.3 is 10.1 Å². The first-order valence-electron chi connectivity index (χ1n) is 6.23. The lowest BCUT2D eigenvalue weighted by atomic mass is 9.94. The van der Waals surface area contributed by atoms with Crippen LogP contribution in [-0.2, 0) is 4.74 Å². The molecule has 1 heterocycles. The van der Waals surface area contributed by atoms with E-state index in [1.165, 1.54) is 18.4 Å². The van der Waals surface area contributed by atoms with Crippen molar-refractivity contribution in [3.8, 4) is 0 Å². The molecule has 88 valence electrons. The third kappa shape index (κ3) is 4.80. The molecule has 15 heavy (non-hydrogen) atoms. The maximum absolute atomic E-state index is 5.50. The van der Waals surface area contributed by atoms with Gasteiger partial charge >= 0.3 is 0 Å². The molecule has 0 bridgehead atoms. The Morgan fingerprint density at radius 3 is 2.87 bits per heavy atom. The molecule has 0 saturated carbocycles. The van der Waals surface area contributed by atoms with Crippen molar-refractivity contribution in [3.05, 3.63) is 11.6 Å². The standard InChI is InChI=1S/C13H25NO/c1-4-14-9-13(11(2)3)8-12-6-5-7-15-10-12/h8,11-12,14H,4-7,9-10H2,1-3H3/b13-8+. The van der Waals surface area contributed by atoms with Crippen molar-refractivity contribution in [1.29, 1.82) is 0 Å². The summed E-state index contributed by atoms with van der Waals surface area (Å²) in [5, 5.41) is 3.41. The van der Waals surface area contributed by atoms with Gasteiger partial charge in [-0.05, 0) is 25.3 Å². The zero-order chi connectivity index (χ0) is 11.1. The van der Waals surface area contributed by atoms with Crippen molar-refractivity contribution < 1.29 is 4.74 Å². The van der Waals surface area contributed by atoms with Crippen LogP contribution in [-0.4, -0.2) is 26.3 Å². The summed E-state index contributed by atoms with van der Waals surface area (Å²) >= 11 is 0. The number of rotatable bonds is 5. The Morgan fingerprint density at radius 1 is 1.53 bits per heavy atom. The molecule has 0 spiro atoms. The van der Waals surface area contributed by atoms with E-state index in [0.717, 1.165) is 26.3 Å². The second-order valence-corrected chi connectivity index (χ2v) is 4.65. The number of likely N-dealkylation sites (N-methyl/N-ethyl adjacent to an activating group) is 1. The molecule has 0 radical (unpaired) electrons. The Kier molecular flexibility index (Phi) is 5.96. The summed E-state index contributed by atoms with van der Waals surface area (Å²) in [5.41, 5.74) is 1.53. The SMILES string of the molecule is CCNC/C(=C\C1CCCOC1)C(C)C. The summed E-state index contributed by atoms with van der Waals surface area (Å²) in [7, 11) is 0. The van der Waals surface area contributed by atoms with Gasteiger partial charge in [-0.25, -0.2) is 0 Å². The van der Waals surface area contributed by atoms with Gasteiger partial charge in [0.25, 0.3) is 0 Å². The third-order valence-electron chi connectivity index (χ3n) is 2.97. The van der Waals surface area contributed by atoms with Crippen LogP contribution in [0.1, 0.15) is 33.6 Å². The number of ether oxygens (including phenoxy) is 1. The first kappa shape index (κ1) is 12.7. The average Bonchev–Trinajstić information content (AvgIpc) is 2.25. The molecule has 1 N–H and O–H groups in total. The molecule has 0 aliphatic carbocycles. The molecule has 1 fully saturated rings. The molecule has 2 nitrogen and oxygen atoms in total. The lowest BCUT2D eigenvalue weighted by molar-refractivity contribution is 0.0706. The minimum absolute atomic E-state index is 0.644. The first-order valence-corrected chi connectivity index (χ1v) is 6.23. The van der Waals surface area contributed by atoms with Gasteiger partial charge in [0, 0.05) is 19.1 Å². The van der Waals surface area contributed by atoms with Crippen LogP contribution in [0.5, 0.6) is 0 Å². The molecule has 1 saturated heterocycles. The molecule has 0 amide bonds. The van der Waals surface area contributed by atoms with Crippen LogP contribution in [0.25, 0.3) is 0 Å². The fraction of sp³-hybridized carbons (Fsp3) is 0.846. The van der Waals surface area contributed by atoms with Gasteiger partial charge in [0.15, 0.2) is 0 Å². The van der Waals surface area contributed by atoms with Crippen LogP contribution >= 0.6 is 0 Å². The normalized spacial score (nSPS) is 23.5. The fourth-order valence-electron chi connectivity index (χ4n) is 1.92. The Balaban J connectivity index is 2.48. The van der Waals surface area contributed by atoms with Crippen LogP contribution in [0.2, 0.25) is 0 Å². The van der Waals surface area contributed by atoms with Gasteiger partial charge in [-0.2, -0.15) is 0 Å². The Labute approximate surface area is 94.1 Å². The molecule has 2 heteroatoms. The van der Waals surface area contributed by atoms with Crippen LogP contribution in [0, 0.1) is 11.8 Å². The fourth-order valence-corrected chi connectivity index (χ4v) is 1.92. The molecule has 1 unspecified atom stereocenters. The third-order valence-corrected chi connectivity index (χ3v) is 2.97. The zero-order valence-electron chi connectivity index (χ0n) is 10.4. The number of hydrogen-bond acceptors (Lipinski definition) is 2. The summed E-state index contributed by atoms with van der Waals surface area (Å²) in [6, 6.07) is 0. The highest BCUT2D eigenvalue weighted by Crippen LogP contribution is 2.19.